The fourth-order valence-corrected chi connectivity index (χ4v) is 0.843. The average molecular weight is 99.1 g/mol. The van der Waals surface area contributed by atoms with Crippen molar-refractivity contribution in [3.63, 3.8) is 0 Å². The van der Waals surface area contributed by atoms with Crippen molar-refractivity contribution < 1.29 is 4.79 Å². The van der Waals surface area contributed by atoms with Crippen LogP contribution >= 0.6 is 0 Å². The van der Waals surface area contributed by atoms with Crippen LogP contribution < -0.4 is 5.73 Å². The second-order valence-corrected chi connectivity index (χ2v) is 2.04. The van der Waals surface area contributed by atoms with Crippen LogP contribution in [0, 0.1) is 0 Å². The lowest BCUT2D eigenvalue weighted by Gasteiger charge is -1.91. The van der Waals surface area contributed by atoms with E-state index < -0.39 is 0 Å². The standard InChI is InChI=1S/C5H9NO/c6-4-1-2-5(7)3-4/h4H,1-3,6H2. The number of nitrogens with two attached hydrogens (primary N) is 1. The largest absolute Gasteiger partial charge is 0.327 e. The number of Topliss-reactive ketones (excluding diaryl/α,β-unsaturated/α-hetero) is 1. The summed E-state index contributed by atoms with van der Waals surface area (Å²) in [6.07, 6.45) is 2.22. The fourth-order valence-electron chi connectivity index (χ4n) is 0.843. The number of hydrogen-bond donors (Lipinski definition) is 1. The molecule has 2 nitrogen and oxygen atoms in total. The van der Waals surface area contributed by atoms with E-state index in [9.17, 15) is 4.79 Å². The summed E-state index contributed by atoms with van der Waals surface area (Å²) in [7, 11) is 0. The molecule has 1 atom stereocenters. The van der Waals surface area contributed by atoms with Gasteiger partial charge < -0.3 is 5.73 Å². The van der Waals surface area contributed by atoms with Crippen LogP contribution in [0.5, 0.6) is 0 Å². The first-order valence-electron chi connectivity index (χ1n) is 2.56. The molecule has 1 fully saturated rings. The Morgan fingerprint density at radius 1 is 1.71 bits per heavy atom. The van der Waals surface area contributed by atoms with Crippen LogP contribution in [0.2, 0.25) is 0 Å². The Morgan fingerprint density at radius 2 is 2.43 bits per heavy atom. The highest BCUT2D eigenvalue weighted by molar-refractivity contribution is 5.81. The summed E-state index contributed by atoms with van der Waals surface area (Å²) in [6.45, 7) is 0. The van der Waals surface area contributed by atoms with Crippen molar-refractivity contribution in [2.24, 2.45) is 5.73 Å². The Morgan fingerprint density at radius 3 is 2.57 bits per heavy atom. The van der Waals surface area contributed by atoms with E-state index in [1.807, 2.05) is 0 Å². The van der Waals surface area contributed by atoms with Gasteiger partial charge in [-0.25, -0.2) is 0 Å². The van der Waals surface area contributed by atoms with Gasteiger partial charge in [0.1, 0.15) is 5.78 Å². The molecule has 2 N–H and O–H groups in total. The molecule has 0 amide bonds. The summed E-state index contributed by atoms with van der Waals surface area (Å²) in [5.41, 5.74) is 5.40. The molecule has 1 unspecified atom stereocenters. The molecule has 0 spiro atoms. The Bertz CT molecular complexity index is 90.1. The van der Waals surface area contributed by atoms with Gasteiger partial charge in [-0.15, -0.1) is 0 Å². The van der Waals surface area contributed by atoms with Gasteiger partial charge in [-0.05, 0) is 6.42 Å². The van der Waals surface area contributed by atoms with Crippen molar-refractivity contribution in [1.82, 2.24) is 0 Å². The van der Waals surface area contributed by atoms with Crippen LogP contribution in [0.15, 0.2) is 0 Å². The molecule has 0 heterocycles. The van der Waals surface area contributed by atoms with Crippen LogP contribution in [0.1, 0.15) is 19.3 Å². The van der Waals surface area contributed by atoms with Crippen molar-refractivity contribution in [3.8, 4) is 0 Å². The van der Waals surface area contributed by atoms with E-state index in [1.54, 1.807) is 0 Å². The first-order chi connectivity index (χ1) is 3.29. The van der Waals surface area contributed by atoms with Crippen LogP contribution in [-0.2, 0) is 4.79 Å². The highest BCUT2D eigenvalue weighted by atomic mass is 16.1. The van der Waals surface area contributed by atoms with Crippen molar-refractivity contribution in [2.75, 3.05) is 0 Å². The lowest BCUT2D eigenvalue weighted by molar-refractivity contribution is -0.117. The summed E-state index contributed by atoms with van der Waals surface area (Å²) < 4.78 is 0. The molecule has 1 saturated carbocycles. The summed E-state index contributed by atoms with van der Waals surface area (Å²) in [6, 6.07) is 0.174. The van der Waals surface area contributed by atoms with Crippen molar-refractivity contribution in [2.45, 2.75) is 25.3 Å². The molecule has 40 valence electrons. The molecular weight excluding hydrogens is 90.1 g/mol. The van der Waals surface area contributed by atoms with E-state index in [4.69, 9.17) is 5.73 Å². The normalized spacial score (nSPS) is 31.6. The molecule has 1 rings (SSSR count). The van der Waals surface area contributed by atoms with E-state index in [-0.39, 0.29) is 6.04 Å². The molecule has 2 heteroatoms. The smallest absolute Gasteiger partial charge is 0.134 e. The third kappa shape index (κ3) is 0.996. The van der Waals surface area contributed by atoms with Gasteiger partial charge in [0.2, 0.25) is 0 Å². The number of ketones is 1. The van der Waals surface area contributed by atoms with Gasteiger partial charge >= 0.3 is 0 Å². The Kier molecular flexibility index (Phi) is 1.11. The molecule has 0 aliphatic heterocycles. The predicted molar refractivity (Wildman–Crippen MR) is 26.8 cm³/mol. The summed E-state index contributed by atoms with van der Waals surface area (Å²) in [4.78, 5) is 10.4. The van der Waals surface area contributed by atoms with E-state index in [1.165, 1.54) is 0 Å². The third-order valence-corrected chi connectivity index (χ3v) is 1.28. The maximum Gasteiger partial charge on any atom is 0.134 e. The zero-order valence-electron chi connectivity index (χ0n) is 4.18. The van der Waals surface area contributed by atoms with Gasteiger partial charge in [0.05, 0.1) is 0 Å². The zero-order chi connectivity index (χ0) is 5.28. The van der Waals surface area contributed by atoms with Crippen molar-refractivity contribution >= 4 is 5.78 Å². The highest BCUT2D eigenvalue weighted by Crippen LogP contribution is 2.10. The second-order valence-electron chi connectivity index (χ2n) is 2.04. The lowest BCUT2D eigenvalue weighted by Crippen LogP contribution is -2.14. The molecule has 0 bridgehead atoms. The summed E-state index contributed by atoms with van der Waals surface area (Å²) >= 11 is 0. The monoisotopic (exact) mass is 99.1 g/mol. The molecule has 0 saturated heterocycles. The molecule has 0 radical (unpaired) electrons. The Balaban J connectivity index is 2.40. The molecule has 1 aliphatic carbocycles. The van der Waals surface area contributed by atoms with Gasteiger partial charge in [-0.2, -0.15) is 0 Å². The van der Waals surface area contributed by atoms with Crippen LogP contribution in [0.3, 0.4) is 0 Å². The van der Waals surface area contributed by atoms with E-state index in [0.717, 1.165) is 6.42 Å². The first kappa shape index (κ1) is 4.78. The summed E-state index contributed by atoms with van der Waals surface area (Å²) in [5.74, 6) is 0.326. The van der Waals surface area contributed by atoms with Gasteiger partial charge in [0, 0.05) is 18.9 Å². The molecule has 1 aliphatic rings. The first-order valence-corrected chi connectivity index (χ1v) is 2.56. The van der Waals surface area contributed by atoms with Crippen molar-refractivity contribution in [1.29, 1.82) is 0 Å². The molecule has 0 aromatic heterocycles. The molecule has 0 aromatic carbocycles. The van der Waals surface area contributed by atoms with Crippen molar-refractivity contribution in [3.05, 3.63) is 0 Å². The minimum atomic E-state index is 0.174. The van der Waals surface area contributed by atoms with E-state index in [0.29, 0.717) is 18.6 Å². The molecule has 7 heavy (non-hydrogen) atoms. The highest BCUT2D eigenvalue weighted by Gasteiger charge is 2.17. The minimum absolute atomic E-state index is 0.174. The van der Waals surface area contributed by atoms with E-state index >= 15 is 0 Å². The maximum absolute atomic E-state index is 10.4. The van der Waals surface area contributed by atoms with Crippen LogP contribution in [0.25, 0.3) is 0 Å². The molecule has 0 aromatic rings. The average Bonchev–Trinajstić information content (AvgIpc) is 1.87. The third-order valence-electron chi connectivity index (χ3n) is 1.28. The Hall–Kier alpha value is -0.370. The number of carbonyl (C=O) groups excluding carboxylic acids is 1. The quantitative estimate of drug-likeness (QED) is 0.467. The minimum Gasteiger partial charge on any atom is -0.327 e. The lowest BCUT2D eigenvalue weighted by atomic mass is 10.3. The topological polar surface area (TPSA) is 43.1 Å². The second kappa shape index (κ2) is 1.62. The fraction of sp³-hybridized carbons (Fsp3) is 0.800. The predicted octanol–water partition coefficient (Wildman–Crippen LogP) is 0.0667. The summed E-state index contributed by atoms with van der Waals surface area (Å²) in [5, 5.41) is 0. The zero-order valence-corrected chi connectivity index (χ0v) is 4.18. The van der Waals surface area contributed by atoms with Gasteiger partial charge in [-0.1, -0.05) is 0 Å². The van der Waals surface area contributed by atoms with Gasteiger partial charge in [0.25, 0.3) is 0 Å². The maximum atomic E-state index is 10.4. The number of rotatable bonds is 0. The molecular formula is C5H9NO. The SMILES string of the molecule is NC1CCC(=O)C1. The Labute approximate surface area is 42.7 Å². The van der Waals surface area contributed by atoms with E-state index in [2.05, 4.69) is 0 Å². The number of carbonyl (C=O) groups is 1. The van der Waals surface area contributed by atoms with Gasteiger partial charge in [0.15, 0.2) is 0 Å². The van der Waals surface area contributed by atoms with Gasteiger partial charge in [-0.3, -0.25) is 4.79 Å². The number of hydrogen-bond acceptors (Lipinski definition) is 2. The van der Waals surface area contributed by atoms with Crippen LogP contribution in [0.4, 0.5) is 0 Å². The van der Waals surface area contributed by atoms with Crippen LogP contribution in [-0.4, -0.2) is 11.8 Å².